The fourth-order valence-corrected chi connectivity index (χ4v) is 4.56. The van der Waals surface area contributed by atoms with Gasteiger partial charge in [0.05, 0.1) is 11.3 Å². The Bertz CT molecular complexity index is 820. The largest absolute Gasteiger partial charge is 0.481 e. The molecule has 0 unspecified atom stereocenters. The van der Waals surface area contributed by atoms with Crippen LogP contribution in [0, 0.1) is 0 Å². The van der Waals surface area contributed by atoms with Crippen molar-refractivity contribution in [3.05, 3.63) is 30.5 Å². The predicted octanol–water partition coefficient (Wildman–Crippen LogP) is 2.29. The van der Waals surface area contributed by atoms with Crippen molar-refractivity contribution >= 4 is 26.9 Å². The number of benzene rings is 1. The number of aliphatic carboxylic acids is 1. The van der Waals surface area contributed by atoms with Crippen LogP contribution in [0.1, 0.15) is 25.7 Å². The highest BCUT2D eigenvalue weighted by Crippen LogP contribution is 2.25. The molecule has 2 heterocycles. The molecule has 124 valence electrons. The minimum atomic E-state index is -3.44. The number of piperidine rings is 1. The third kappa shape index (κ3) is 3.25. The Hall–Kier alpha value is -1.86. The van der Waals surface area contributed by atoms with Gasteiger partial charge in [-0.25, -0.2) is 8.42 Å². The zero-order valence-electron chi connectivity index (χ0n) is 12.8. The van der Waals surface area contributed by atoms with Crippen molar-refractivity contribution in [1.82, 2.24) is 8.87 Å². The van der Waals surface area contributed by atoms with Crippen molar-refractivity contribution in [1.29, 1.82) is 0 Å². The summed E-state index contributed by atoms with van der Waals surface area (Å²) in [5.41, 5.74) is 0.851. The number of nitrogens with zero attached hydrogens (tertiary/aromatic N) is 2. The van der Waals surface area contributed by atoms with Crippen LogP contribution in [0.5, 0.6) is 0 Å². The van der Waals surface area contributed by atoms with E-state index in [0.717, 1.165) is 30.2 Å². The Kier molecular flexibility index (Phi) is 4.41. The number of carboxylic acid groups (broad SMARTS) is 1. The van der Waals surface area contributed by atoms with Gasteiger partial charge in [-0.3, -0.25) is 4.79 Å². The molecule has 0 spiro atoms. The zero-order valence-corrected chi connectivity index (χ0v) is 13.6. The molecular weight excluding hydrogens is 316 g/mol. The normalized spacial score (nSPS) is 16.7. The second-order valence-electron chi connectivity index (χ2n) is 5.84. The van der Waals surface area contributed by atoms with E-state index >= 15 is 0 Å². The third-order valence-corrected chi connectivity index (χ3v) is 6.16. The van der Waals surface area contributed by atoms with Gasteiger partial charge < -0.3 is 9.67 Å². The lowest BCUT2D eigenvalue weighted by Crippen LogP contribution is -2.35. The van der Waals surface area contributed by atoms with E-state index in [1.54, 1.807) is 28.7 Å². The van der Waals surface area contributed by atoms with Gasteiger partial charge in [-0.05, 0) is 37.1 Å². The number of aryl methyl sites for hydroxylation is 1. The van der Waals surface area contributed by atoms with Gasteiger partial charge in [-0.2, -0.15) is 4.31 Å². The zero-order chi connectivity index (χ0) is 16.4. The lowest BCUT2D eigenvalue weighted by molar-refractivity contribution is -0.137. The maximum Gasteiger partial charge on any atom is 0.305 e. The molecule has 0 atom stereocenters. The molecule has 0 saturated carbocycles. The number of rotatable bonds is 5. The molecule has 3 rings (SSSR count). The van der Waals surface area contributed by atoms with Crippen molar-refractivity contribution in [3.63, 3.8) is 0 Å². The first-order chi connectivity index (χ1) is 11.0. The van der Waals surface area contributed by atoms with E-state index in [4.69, 9.17) is 5.11 Å². The molecule has 0 amide bonds. The fraction of sp³-hybridized carbons (Fsp3) is 0.438. The molecule has 1 fully saturated rings. The Labute approximate surface area is 135 Å². The Morgan fingerprint density at radius 3 is 2.57 bits per heavy atom. The molecule has 1 aromatic carbocycles. The summed E-state index contributed by atoms with van der Waals surface area (Å²) < 4.78 is 28.8. The van der Waals surface area contributed by atoms with Gasteiger partial charge >= 0.3 is 5.97 Å². The van der Waals surface area contributed by atoms with Gasteiger partial charge in [0.1, 0.15) is 0 Å². The molecule has 0 bridgehead atoms. The average Bonchev–Trinajstić information content (AvgIpc) is 2.96. The third-order valence-electron chi connectivity index (χ3n) is 4.26. The summed E-state index contributed by atoms with van der Waals surface area (Å²) in [6, 6.07) is 6.88. The van der Waals surface area contributed by atoms with Gasteiger partial charge in [0.15, 0.2) is 0 Å². The quantitative estimate of drug-likeness (QED) is 0.908. The Morgan fingerprint density at radius 1 is 1.13 bits per heavy atom. The van der Waals surface area contributed by atoms with Crippen LogP contribution in [0.4, 0.5) is 0 Å². The van der Waals surface area contributed by atoms with E-state index in [2.05, 4.69) is 0 Å². The minimum Gasteiger partial charge on any atom is -0.481 e. The van der Waals surface area contributed by atoms with Crippen molar-refractivity contribution in [2.45, 2.75) is 37.1 Å². The summed E-state index contributed by atoms with van der Waals surface area (Å²) in [5.74, 6) is -0.851. The minimum absolute atomic E-state index is 0.0393. The first-order valence-electron chi connectivity index (χ1n) is 7.79. The SMILES string of the molecule is O=C(O)CCn1ccc2cc(S(=O)(=O)N3CCCCC3)ccc21. The van der Waals surface area contributed by atoms with Crippen LogP contribution in [-0.4, -0.2) is 41.5 Å². The van der Waals surface area contributed by atoms with Gasteiger partial charge in [-0.15, -0.1) is 0 Å². The first-order valence-corrected chi connectivity index (χ1v) is 9.23. The molecule has 0 radical (unpaired) electrons. The van der Waals surface area contributed by atoms with Gasteiger partial charge in [0.2, 0.25) is 10.0 Å². The highest BCUT2D eigenvalue weighted by molar-refractivity contribution is 7.89. The molecule has 6 nitrogen and oxygen atoms in total. The number of carbonyl (C=O) groups is 1. The van der Waals surface area contributed by atoms with E-state index in [1.807, 2.05) is 10.6 Å². The average molecular weight is 336 g/mol. The second kappa shape index (κ2) is 6.33. The molecule has 1 aromatic heterocycles. The maximum absolute atomic E-state index is 12.7. The molecule has 0 aliphatic carbocycles. The number of fused-ring (bicyclic) bond motifs is 1. The van der Waals surface area contributed by atoms with Gasteiger partial charge in [-0.1, -0.05) is 6.42 Å². The molecule has 7 heteroatoms. The number of sulfonamides is 1. The molecule has 2 aromatic rings. The van der Waals surface area contributed by atoms with Crippen molar-refractivity contribution in [2.75, 3.05) is 13.1 Å². The highest BCUT2D eigenvalue weighted by atomic mass is 32.2. The molecule has 1 N–H and O–H groups in total. The van der Waals surface area contributed by atoms with E-state index in [0.29, 0.717) is 24.5 Å². The molecule has 1 aliphatic rings. The van der Waals surface area contributed by atoms with E-state index in [9.17, 15) is 13.2 Å². The van der Waals surface area contributed by atoms with Gasteiger partial charge in [0, 0.05) is 36.7 Å². The molecule has 23 heavy (non-hydrogen) atoms. The summed E-state index contributed by atoms with van der Waals surface area (Å²) in [6.45, 7) is 1.54. The summed E-state index contributed by atoms with van der Waals surface area (Å²) in [5, 5.41) is 9.59. The lowest BCUT2D eigenvalue weighted by Gasteiger charge is -2.25. The van der Waals surface area contributed by atoms with Crippen LogP contribution in [0.3, 0.4) is 0 Å². The maximum atomic E-state index is 12.7. The van der Waals surface area contributed by atoms with Crippen LogP contribution in [0.15, 0.2) is 35.4 Å². The van der Waals surface area contributed by atoms with E-state index in [1.165, 1.54) is 0 Å². The number of hydrogen-bond donors (Lipinski definition) is 1. The van der Waals surface area contributed by atoms with Crippen molar-refractivity contribution < 1.29 is 18.3 Å². The highest BCUT2D eigenvalue weighted by Gasteiger charge is 2.26. The smallest absolute Gasteiger partial charge is 0.305 e. The summed E-state index contributed by atoms with van der Waals surface area (Å²) in [4.78, 5) is 11.0. The predicted molar refractivity (Wildman–Crippen MR) is 86.8 cm³/mol. The van der Waals surface area contributed by atoms with E-state index < -0.39 is 16.0 Å². The van der Waals surface area contributed by atoms with Crippen LogP contribution in [0.25, 0.3) is 10.9 Å². The number of hydrogen-bond acceptors (Lipinski definition) is 3. The fourth-order valence-electron chi connectivity index (χ4n) is 3.00. The Balaban J connectivity index is 1.89. The Morgan fingerprint density at radius 2 is 1.87 bits per heavy atom. The molecule has 1 aliphatic heterocycles. The van der Waals surface area contributed by atoms with Crippen molar-refractivity contribution in [2.24, 2.45) is 0 Å². The summed E-state index contributed by atoms with van der Waals surface area (Å²) >= 11 is 0. The first kappa shape index (κ1) is 16.0. The van der Waals surface area contributed by atoms with E-state index in [-0.39, 0.29) is 6.42 Å². The summed E-state index contributed by atoms with van der Waals surface area (Å²) in [7, 11) is -3.44. The van der Waals surface area contributed by atoms with Crippen molar-refractivity contribution in [3.8, 4) is 0 Å². The van der Waals surface area contributed by atoms with Crippen LogP contribution >= 0.6 is 0 Å². The number of carboxylic acids is 1. The van der Waals surface area contributed by atoms with Crippen LogP contribution in [0.2, 0.25) is 0 Å². The standard InChI is InChI=1S/C16H20N2O4S/c19-16(20)7-11-17-10-6-13-12-14(4-5-15(13)17)23(21,22)18-8-2-1-3-9-18/h4-6,10,12H,1-3,7-9,11H2,(H,19,20). The van der Waals surface area contributed by atoms with Crippen LogP contribution < -0.4 is 0 Å². The van der Waals surface area contributed by atoms with Gasteiger partial charge in [0.25, 0.3) is 0 Å². The topological polar surface area (TPSA) is 79.6 Å². The molecule has 1 saturated heterocycles. The monoisotopic (exact) mass is 336 g/mol. The second-order valence-corrected chi connectivity index (χ2v) is 7.78. The lowest BCUT2D eigenvalue weighted by atomic mass is 10.2. The van der Waals surface area contributed by atoms with Crippen LogP contribution in [-0.2, 0) is 21.4 Å². The number of aromatic nitrogens is 1. The summed E-state index contributed by atoms with van der Waals surface area (Å²) in [6.07, 6.45) is 4.74. The molecular formula is C16H20N2O4S.